The molecule has 0 saturated carbocycles. The highest BCUT2D eigenvalue weighted by Gasteiger charge is 2.52. The summed E-state index contributed by atoms with van der Waals surface area (Å²) >= 11 is 0. The van der Waals surface area contributed by atoms with E-state index >= 15 is 0 Å². The Hall–Kier alpha value is -7.29. The molecule has 2 nitrogen and oxygen atoms in total. The van der Waals surface area contributed by atoms with E-state index in [9.17, 15) is 4.79 Å². The Morgan fingerprint density at radius 1 is 0.431 bits per heavy atom. The molecule has 0 N–H and O–H groups in total. The average Bonchev–Trinajstić information content (AvgIpc) is 3.89. The number of pyridine rings is 1. The van der Waals surface area contributed by atoms with Crippen LogP contribution in [0.5, 0.6) is 0 Å². The smallest absolute Gasteiger partial charge is 0.263 e. The van der Waals surface area contributed by atoms with Gasteiger partial charge in [0.25, 0.3) is 5.56 Å². The van der Waals surface area contributed by atoms with Gasteiger partial charge in [0.05, 0.1) is 16.4 Å². The second-order valence-electron chi connectivity index (χ2n) is 16.5. The van der Waals surface area contributed by atoms with Crippen molar-refractivity contribution in [2.24, 2.45) is 0 Å². The quantitative estimate of drug-likeness (QED) is 0.154. The number of fused-ring (bicyclic) bond motifs is 20. The van der Waals surface area contributed by atoms with E-state index in [1.54, 1.807) is 0 Å². The van der Waals surface area contributed by atoms with E-state index in [2.05, 4.69) is 164 Å². The van der Waals surface area contributed by atoms with Gasteiger partial charge in [-0.05, 0) is 143 Å². The third-order valence-electron chi connectivity index (χ3n) is 14.0. The van der Waals surface area contributed by atoms with Crippen LogP contribution in [0, 0.1) is 0 Å². The van der Waals surface area contributed by atoms with Crippen LogP contribution in [0.2, 0.25) is 0 Å². The SMILES string of the molecule is O=c1c2ccccc2c2cc(-c3ccc4c5ccccc5c5ccccc5c4c3)cc3c4cc5c(cc4n1c23)C1(C2=C(C=CCC2)c2ccccc21)c1ccccc1-5. The van der Waals surface area contributed by atoms with Crippen molar-refractivity contribution in [3.05, 3.63) is 214 Å². The maximum atomic E-state index is 14.9. The number of benzene rings is 9. The average molecular weight is 736 g/mol. The second kappa shape index (κ2) is 10.8. The molecule has 0 saturated heterocycles. The van der Waals surface area contributed by atoms with Crippen LogP contribution in [0.3, 0.4) is 0 Å². The van der Waals surface area contributed by atoms with Crippen LogP contribution in [0.4, 0.5) is 0 Å². The van der Waals surface area contributed by atoms with Crippen LogP contribution in [0.25, 0.3) is 98.1 Å². The van der Waals surface area contributed by atoms with Gasteiger partial charge in [-0.1, -0.05) is 140 Å². The molecular formula is C56H33NO. The standard InChI is InChI=1S/C56H33NO/c58-55-43-21-6-5-17-38(43)47-28-33(32-25-26-39-36-15-2-1-13-34(36)35-14-3-4-16-37(35)44(39)27-32)29-48-46-30-45-42-20-9-12-24-51(42)56(52(45)31-53(46)57(55)54(47)48)49-22-10-7-18-40(49)41-19-8-11-23-50(41)56/h1-10,12-22,24-31H,11,23H2. The molecule has 0 bridgehead atoms. The zero-order valence-corrected chi connectivity index (χ0v) is 31.5. The predicted octanol–water partition coefficient (Wildman–Crippen LogP) is 13.8. The Balaban J connectivity index is 1.12. The summed E-state index contributed by atoms with van der Waals surface area (Å²) in [5.41, 5.74) is 14.6. The summed E-state index contributed by atoms with van der Waals surface area (Å²) in [6.07, 6.45) is 6.72. The van der Waals surface area contributed by atoms with Gasteiger partial charge in [-0.25, -0.2) is 0 Å². The fraction of sp³-hybridized carbons (Fsp3) is 0.0536. The van der Waals surface area contributed by atoms with Crippen molar-refractivity contribution in [3.8, 4) is 22.3 Å². The van der Waals surface area contributed by atoms with Crippen molar-refractivity contribution in [1.29, 1.82) is 0 Å². The molecule has 2 heteroatoms. The van der Waals surface area contributed by atoms with Crippen molar-refractivity contribution in [2.45, 2.75) is 18.3 Å². The van der Waals surface area contributed by atoms with Crippen LogP contribution in [-0.2, 0) is 5.41 Å². The van der Waals surface area contributed by atoms with Gasteiger partial charge in [0.15, 0.2) is 0 Å². The van der Waals surface area contributed by atoms with Gasteiger partial charge in [0, 0.05) is 21.5 Å². The van der Waals surface area contributed by atoms with Gasteiger partial charge in [-0.3, -0.25) is 9.20 Å². The summed E-state index contributed by atoms with van der Waals surface area (Å²) in [6, 6.07) is 60.3. The van der Waals surface area contributed by atoms with E-state index in [4.69, 9.17) is 0 Å². The zero-order valence-electron chi connectivity index (χ0n) is 31.5. The maximum absolute atomic E-state index is 14.9. The van der Waals surface area contributed by atoms with Gasteiger partial charge in [-0.15, -0.1) is 0 Å². The molecule has 3 aliphatic rings. The molecule has 0 radical (unpaired) electrons. The lowest BCUT2D eigenvalue weighted by Crippen LogP contribution is -2.27. The number of hydrogen-bond acceptors (Lipinski definition) is 1. The van der Waals surface area contributed by atoms with Gasteiger partial charge in [0.2, 0.25) is 0 Å². The highest BCUT2D eigenvalue weighted by molar-refractivity contribution is 6.26. The molecule has 9 aromatic carbocycles. The summed E-state index contributed by atoms with van der Waals surface area (Å²) < 4.78 is 2.04. The second-order valence-corrected chi connectivity index (χ2v) is 16.5. The normalized spacial score (nSPS) is 16.8. The maximum Gasteiger partial charge on any atom is 0.263 e. The van der Waals surface area contributed by atoms with E-state index in [0.717, 1.165) is 56.4 Å². The fourth-order valence-electron chi connectivity index (χ4n) is 11.7. The van der Waals surface area contributed by atoms with Gasteiger partial charge < -0.3 is 0 Å². The lowest BCUT2D eigenvalue weighted by molar-refractivity contribution is 0.714. The summed E-state index contributed by atoms with van der Waals surface area (Å²) in [7, 11) is 0. The Morgan fingerprint density at radius 3 is 1.71 bits per heavy atom. The first-order valence-corrected chi connectivity index (χ1v) is 20.4. The van der Waals surface area contributed by atoms with E-state index in [0.29, 0.717) is 0 Å². The molecular weight excluding hydrogens is 703 g/mol. The first-order valence-electron chi connectivity index (χ1n) is 20.4. The molecule has 1 atom stereocenters. The molecule has 1 unspecified atom stereocenters. The zero-order chi connectivity index (χ0) is 37.9. The molecule has 268 valence electrons. The van der Waals surface area contributed by atoms with Crippen molar-refractivity contribution >= 4 is 75.9 Å². The van der Waals surface area contributed by atoms with E-state index in [1.807, 2.05) is 16.5 Å². The molecule has 0 fully saturated rings. The first-order chi connectivity index (χ1) is 28.7. The van der Waals surface area contributed by atoms with Crippen molar-refractivity contribution in [3.63, 3.8) is 0 Å². The Bertz CT molecular complexity index is 3790. The molecule has 11 aromatic rings. The molecule has 1 spiro atoms. The van der Waals surface area contributed by atoms with E-state index in [-0.39, 0.29) is 5.56 Å². The summed E-state index contributed by atoms with van der Waals surface area (Å²) in [5, 5.41) is 12.7. The molecule has 3 aliphatic carbocycles. The van der Waals surface area contributed by atoms with Crippen LogP contribution in [0.1, 0.15) is 35.1 Å². The lowest BCUT2D eigenvalue weighted by atomic mass is 9.68. The fourth-order valence-corrected chi connectivity index (χ4v) is 11.7. The van der Waals surface area contributed by atoms with Crippen LogP contribution < -0.4 is 5.56 Å². The number of hydrogen-bond donors (Lipinski definition) is 0. The highest BCUT2D eigenvalue weighted by Crippen LogP contribution is 2.64. The van der Waals surface area contributed by atoms with Crippen molar-refractivity contribution < 1.29 is 0 Å². The van der Waals surface area contributed by atoms with E-state index < -0.39 is 5.41 Å². The topological polar surface area (TPSA) is 21.5 Å². The van der Waals surface area contributed by atoms with Gasteiger partial charge in [-0.2, -0.15) is 0 Å². The Morgan fingerprint density at radius 2 is 0.983 bits per heavy atom. The molecule has 2 heterocycles. The van der Waals surface area contributed by atoms with Crippen molar-refractivity contribution in [1.82, 2.24) is 4.40 Å². The minimum Gasteiger partial charge on any atom is -0.275 e. The number of nitrogens with zero attached hydrogens (tertiary/aromatic N) is 1. The third kappa shape index (κ3) is 3.59. The molecule has 58 heavy (non-hydrogen) atoms. The highest BCUT2D eigenvalue weighted by atomic mass is 16.1. The summed E-state index contributed by atoms with van der Waals surface area (Å²) in [5.74, 6) is 0. The lowest BCUT2D eigenvalue weighted by Gasteiger charge is -2.33. The summed E-state index contributed by atoms with van der Waals surface area (Å²) in [4.78, 5) is 14.9. The minimum absolute atomic E-state index is 0.0386. The molecule has 14 rings (SSSR count). The molecule has 0 amide bonds. The van der Waals surface area contributed by atoms with Gasteiger partial charge in [0.1, 0.15) is 0 Å². The van der Waals surface area contributed by atoms with Crippen LogP contribution in [-0.4, -0.2) is 4.40 Å². The number of aromatic nitrogens is 1. The minimum atomic E-state index is -0.408. The van der Waals surface area contributed by atoms with Crippen LogP contribution >= 0.6 is 0 Å². The largest absolute Gasteiger partial charge is 0.275 e. The monoisotopic (exact) mass is 735 g/mol. The van der Waals surface area contributed by atoms with Crippen molar-refractivity contribution in [2.75, 3.05) is 0 Å². The third-order valence-corrected chi connectivity index (χ3v) is 14.0. The number of allylic oxidation sites excluding steroid dienone is 4. The van der Waals surface area contributed by atoms with Crippen LogP contribution in [0.15, 0.2) is 186 Å². The first kappa shape index (κ1) is 30.9. The Labute approximate surface area is 333 Å². The summed E-state index contributed by atoms with van der Waals surface area (Å²) in [6.45, 7) is 0. The van der Waals surface area contributed by atoms with Gasteiger partial charge >= 0.3 is 0 Å². The predicted molar refractivity (Wildman–Crippen MR) is 242 cm³/mol. The van der Waals surface area contributed by atoms with E-state index in [1.165, 1.54) is 82.4 Å². The Kier molecular flexibility index (Phi) is 5.73. The number of rotatable bonds is 1. The molecule has 2 aromatic heterocycles. The molecule has 0 aliphatic heterocycles.